The summed E-state index contributed by atoms with van der Waals surface area (Å²) in [4.78, 5) is 39.5. The Morgan fingerprint density at radius 1 is 1.11 bits per heavy atom. The number of likely N-dealkylation sites (tertiary alicyclic amines) is 1. The fourth-order valence-corrected chi connectivity index (χ4v) is 4.59. The predicted molar refractivity (Wildman–Crippen MR) is 133 cm³/mol. The van der Waals surface area contributed by atoms with Crippen LogP contribution in [0, 0.1) is 5.92 Å². The minimum absolute atomic E-state index is 0.0226. The van der Waals surface area contributed by atoms with E-state index in [9.17, 15) is 9.59 Å². The summed E-state index contributed by atoms with van der Waals surface area (Å²) in [5, 5.41) is 3.13. The molecule has 1 aliphatic carbocycles. The average molecular weight is 494 g/mol. The van der Waals surface area contributed by atoms with Gasteiger partial charge in [-0.25, -0.2) is 9.97 Å². The fourth-order valence-electron chi connectivity index (χ4n) is 4.59. The molecule has 1 saturated carbocycles. The smallest absolute Gasteiger partial charge is 0.255 e. The maximum Gasteiger partial charge on any atom is 0.255 e. The van der Waals surface area contributed by atoms with E-state index in [0.29, 0.717) is 60.1 Å². The van der Waals surface area contributed by atoms with E-state index >= 15 is 0 Å². The number of H-pyrrole nitrogens is 1. The zero-order valence-electron chi connectivity index (χ0n) is 20.6. The number of carbonyl (C=O) groups excluding carboxylic acids is 2. The number of piperidine rings is 1. The molecule has 5 rings (SSSR count). The van der Waals surface area contributed by atoms with Gasteiger partial charge in [0.1, 0.15) is 35.6 Å². The maximum atomic E-state index is 13.2. The van der Waals surface area contributed by atoms with Crippen molar-refractivity contribution in [2.75, 3.05) is 40.5 Å². The molecule has 2 N–H and O–H groups in total. The first kappa shape index (κ1) is 24.1. The van der Waals surface area contributed by atoms with Crippen LogP contribution in [0.2, 0.25) is 0 Å². The molecule has 3 aromatic rings. The third-order valence-corrected chi connectivity index (χ3v) is 6.77. The van der Waals surface area contributed by atoms with Crippen molar-refractivity contribution < 1.29 is 23.8 Å². The molecule has 10 heteroatoms. The van der Waals surface area contributed by atoms with Crippen molar-refractivity contribution >= 4 is 22.8 Å². The van der Waals surface area contributed by atoms with Crippen LogP contribution in [0.3, 0.4) is 0 Å². The van der Waals surface area contributed by atoms with Crippen LogP contribution in [0.5, 0.6) is 11.5 Å². The Labute approximate surface area is 209 Å². The highest BCUT2D eigenvalue weighted by Gasteiger charge is 2.35. The number of fused-ring (bicyclic) bond motifs is 1. The Hall–Kier alpha value is -3.66. The van der Waals surface area contributed by atoms with Crippen molar-refractivity contribution in [2.45, 2.75) is 31.7 Å². The largest absolute Gasteiger partial charge is 0.497 e. The summed E-state index contributed by atoms with van der Waals surface area (Å²) in [7, 11) is 3.22. The highest BCUT2D eigenvalue weighted by atomic mass is 16.5. The van der Waals surface area contributed by atoms with Crippen LogP contribution in [0.1, 0.15) is 36.0 Å². The molecule has 10 nitrogen and oxygen atoms in total. The summed E-state index contributed by atoms with van der Waals surface area (Å²) < 4.78 is 16.4. The predicted octanol–water partition coefficient (Wildman–Crippen LogP) is 2.79. The van der Waals surface area contributed by atoms with E-state index in [1.807, 2.05) is 17.0 Å². The summed E-state index contributed by atoms with van der Waals surface area (Å²) in [5.74, 6) is 1.56. The number of ether oxygens (including phenoxy) is 3. The fraction of sp³-hybridized carbons (Fsp3) is 0.462. The highest BCUT2D eigenvalue weighted by Crippen LogP contribution is 2.36. The molecule has 2 aliphatic rings. The van der Waals surface area contributed by atoms with Crippen LogP contribution >= 0.6 is 0 Å². The molecule has 0 spiro atoms. The molecule has 0 unspecified atom stereocenters. The maximum absolute atomic E-state index is 13.2. The number of aromatic amines is 1. The van der Waals surface area contributed by atoms with Crippen molar-refractivity contribution in [1.29, 1.82) is 0 Å². The third-order valence-electron chi connectivity index (χ3n) is 6.77. The molecule has 2 amide bonds. The van der Waals surface area contributed by atoms with Crippen LogP contribution < -0.4 is 14.8 Å². The number of benzene rings is 1. The minimum Gasteiger partial charge on any atom is -0.497 e. The lowest BCUT2D eigenvalue weighted by atomic mass is 10.0. The molecule has 0 radical (unpaired) electrons. The number of carbonyl (C=O) groups is 2. The van der Waals surface area contributed by atoms with E-state index in [4.69, 9.17) is 14.2 Å². The number of amides is 2. The Balaban J connectivity index is 1.34. The molecule has 2 fully saturated rings. The quantitative estimate of drug-likeness (QED) is 0.440. The van der Waals surface area contributed by atoms with Crippen molar-refractivity contribution in [2.24, 2.45) is 5.92 Å². The van der Waals surface area contributed by atoms with Crippen LogP contribution in [-0.2, 0) is 9.53 Å². The summed E-state index contributed by atoms with van der Waals surface area (Å²) in [5.41, 5.74) is 3.02. The molecular formula is C26H31N5O5. The Morgan fingerprint density at radius 2 is 1.92 bits per heavy atom. The van der Waals surface area contributed by atoms with Gasteiger partial charge in [0.25, 0.3) is 5.91 Å². The van der Waals surface area contributed by atoms with Crippen LogP contribution in [0.4, 0.5) is 0 Å². The van der Waals surface area contributed by atoms with Gasteiger partial charge in [0.2, 0.25) is 5.91 Å². The second-order valence-corrected chi connectivity index (χ2v) is 9.20. The van der Waals surface area contributed by atoms with Crippen molar-refractivity contribution in [1.82, 2.24) is 25.2 Å². The molecule has 1 aliphatic heterocycles. The van der Waals surface area contributed by atoms with E-state index in [1.165, 1.54) is 6.33 Å². The number of nitrogens with one attached hydrogen (secondary N) is 2. The average Bonchev–Trinajstić information content (AvgIpc) is 3.66. The van der Waals surface area contributed by atoms with Gasteiger partial charge in [0.05, 0.1) is 24.8 Å². The first-order valence-electron chi connectivity index (χ1n) is 12.3. The summed E-state index contributed by atoms with van der Waals surface area (Å²) in [6.07, 6.45) is 6.64. The minimum atomic E-state index is -0.191. The lowest BCUT2D eigenvalue weighted by Crippen LogP contribution is -2.47. The molecule has 3 heterocycles. The number of hydrogen-bond donors (Lipinski definition) is 2. The Morgan fingerprint density at radius 3 is 2.64 bits per heavy atom. The number of hydrogen-bond acceptors (Lipinski definition) is 7. The number of rotatable bonds is 9. The molecule has 1 aromatic carbocycles. The van der Waals surface area contributed by atoms with E-state index < -0.39 is 0 Å². The van der Waals surface area contributed by atoms with Gasteiger partial charge >= 0.3 is 0 Å². The third kappa shape index (κ3) is 4.99. The summed E-state index contributed by atoms with van der Waals surface area (Å²) in [6, 6.07) is 5.54. The van der Waals surface area contributed by atoms with Crippen molar-refractivity contribution in [3.8, 4) is 22.8 Å². The highest BCUT2D eigenvalue weighted by molar-refractivity contribution is 6.08. The Bertz CT molecular complexity index is 1250. The van der Waals surface area contributed by atoms with Crippen LogP contribution in [0.25, 0.3) is 22.3 Å². The zero-order chi connectivity index (χ0) is 25.1. The SMILES string of the molecule is COCCOc1cc(OC)ccc1-c1ncnc2c(C(=O)NC3CCN(C(=O)C4CC4)CC3)c[nH]c12. The second-order valence-electron chi connectivity index (χ2n) is 9.20. The first-order chi connectivity index (χ1) is 17.6. The van der Waals surface area contributed by atoms with Gasteiger partial charge in [-0.1, -0.05) is 0 Å². The number of aromatic nitrogens is 3. The lowest BCUT2D eigenvalue weighted by Gasteiger charge is -2.32. The molecule has 2 aromatic heterocycles. The van der Waals surface area contributed by atoms with Gasteiger partial charge in [-0.3, -0.25) is 9.59 Å². The Kier molecular flexibility index (Phi) is 7.04. The van der Waals surface area contributed by atoms with Gasteiger partial charge in [0.15, 0.2) is 0 Å². The summed E-state index contributed by atoms with van der Waals surface area (Å²) in [6.45, 7) is 2.18. The van der Waals surface area contributed by atoms with Crippen LogP contribution in [0.15, 0.2) is 30.7 Å². The molecule has 190 valence electrons. The van der Waals surface area contributed by atoms with Gasteiger partial charge in [-0.2, -0.15) is 0 Å². The van der Waals surface area contributed by atoms with Gasteiger partial charge in [-0.05, 0) is 37.8 Å². The van der Waals surface area contributed by atoms with E-state index in [-0.39, 0.29) is 23.8 Å². The lowest BCUT2D eigenvalue weighted by molar-refractivity contribution is -0.133. The zero-order valence-corrected chi connectivity index (χ0v) is 20.6. The molecule has 0 bridgehead atoms. The van der Waals surface area contributed by atoms with E-state index in [1.54, 1.807) is 26.5 Å². The summed E-state index contributed by atoms with van der Waals surface area (Å²) >= 11 is 0. The molecular weight excluding hydrogens is 462 g/mol. The van der Waals surface area contributed by atoms with Gasteiger partial charge in [-0.15, -0.1) is 0 Å². The van der Waals surface area contributed by atoms with Gasteiger partial charge in [0, 0.05) is 50.0 Å². The molecule has 0 atom stereocenters. The first-order valence-corrected chi connectivity index (χ1v) is 12.3. The van der Waals surface area contributed by atoms with E-state index in [2.05, 4.69) is 20.3 Å². The monoisotopic (exact) mass is 493 g/mol. The standard InChI is InChI=1S/C26H31N5O5/c1-34-11-12-36-21-13-18(35-2)5-6-19(21)22-24-23(29-15-28-22)20(14-27-24)25(32)30-17-7-9-31(10-8-17)26(33)16-3-4-16/h5-6,13-17,27H,3-4,7-12H2,1-2H3,(H,30,32). The van der Waals surface area contributed by atoms with E-state index in [0.717, 1.165) is 31.2 Å². The van der Waals surface area contributed by atoms with Crippen LogP contribution in [-0.4, -0.2) is 78.2 Å². The second kappa shape index (κ2) is 10.5. The van der Waals surface area contributed by atoms with Crippen molar-refractivity contribution in [3.05, 3.63) is 36.3 Å². The topological polar surface area (TPSA) is 119 Å². The molecule has 36 heavy (non-hydrogen) atoms. The molecule has 1 saturated heterocycles. The number of nitrogens with zero attached hydrogens (tertiary/aromatic N) is 3. The number of methoxy groups -OCH3 is 2. The van der Waals surface area contributed by atoms with Crippen molar-refractivity contribution in [3.63, 3.8) is 0 Å². The van der Waals surface area contributed by atoms with Gasteiger partial charge < -0.3 is 29.4 Å². The normalized spacial score (nSPS) is 16.2.